The summed E-state index contributed by atoms with van der Waals surface area (Å²) in [5.41, 5.74) is -1.69. The van der Waals surface area contributed by atoms with E-state index in [1.807, 2.05) is 6.92 Å². The number of carbonyl (C=O) groups excluding carboxylic acids is 1. The first kappa shape index (κ1) is 15.6. The zero-order valence-corrected chi connectivity index (χ0v) is 11.9. The van der Waals surface area contributed by atoms with Crippen molar-refractivity contribution in [3.05, 3.63) is 39.4 Å². The highest BCUT2D eigenvalue weighted by Crippen LogP contribution is 2.27. The molecule has 0 spiro atoms. The smallest absolute Gasteiger partial charge is 0.308 e. The number of nitro groups is 1. The molecule has 1 aliphatic heterocycles. The number of piperidine rings is 1. The van der Waals surface area contributed by atoms with E-state index in [2.05, 4.69) is 0 Å². The van der Waals surface area contributed by atoms with Gasteiger partial charge in [0.05, 0.1) is 21.9 Å². The van der Waals surface area contributed by atoms with Crippen LogP contribution in [0.15, 0.2) is 12.1 Å². The molecule has 0 radical (unpaired) electrons. The fraction of sp³-hybridized carbons (Fsp3) is 0.462. The molecule has 21 heavy (non-hydrogen) atoms. The zero-order chi connectivity index (χ0) is 15.7. The van der Waals surface area contributed by atoms with Gasteiger partial charge in [0.15, 0.2) is 0 Å². The van der Waals surface area contributed by atoms with Gasteiger partial charge < -0.3 is 4.90 Å². The highest BCUT2D eigenvalue weighted by Gasteiger charge is 2.31. The van der Waals surface area contributed by atoms with Gasteiger partial charge in [-0.15, -0.1) is 11.6 Å². The molecule has 0 aliphatic carbocycles. The lowest BCUT2D eigenvalue weighted by Crippen LogP contribution is -2.44. The van der Waals surface area contributed by atoms with E-state index in [-0.39, 0.29) is 17.8 Å². The van der Waals surface area contributed by atoms with E-state index in [1.54, 1.807) is 0 Å². The van der Waals surface area contributed by atoms with Gasteiger partial charge in [-0.05, 0) is 18.4 Å². The normalized spacial score (nSPS) is 22.2. The molecule has 2 atom stereocenters. The third-order valence-corrected chi connectivity index (χ3v) is 4.17. The van der Waals surface area contributed by atoms with E-state index in [0.717, 1.165) is 0 Å². The molecule has 5 nitrogen and oxygen atoms in total. The second-order valence-corrected chi connectivity index (χ2v) is 5.64. The maximum atomic E-state index is 14.0. The number of nitro benzene ring substituents is 1. The lowest BCUT2D eigenvalue weighted by molar-refractivity contribution is -0.387. The molecule has 8 heteroatoms. The molecule has 1 aliphatic rings. The van der Waals surface area contributed by atoms with Crippen LogP contribution in [0.2, 0.25) is 0 Å². The van der Waals surface area contributed by atoms with Crippen molar-refractivity contribution < 1.29 is 18.5 Å². The van der Waals surface area contributed by atoms with E-state index in [1.165, 1.54) is 4.90 Å². The molecule has 1 aromatic carbocycles. The van der Waals surface area contributed by atoms with Crippen LogP contribution in [0, 0.1) is 27.7 Å². The Balaban J connectivity index is 2.33. The van der Waals surface area contributed by atoms with E-state index in [9.17, 15) is 23.7 Å². The van der Waals surface area contributed by atoms with Crippen molar-refractivity contribution in [1.29, 1.82) is 0 Å². The fourth-order valence-corrected chi connectivity index (χ4v) is 2.53. The second kappa shape index (κ2) is 5.93. The Kier molecular flexibility index (Phi) is 4.41. The molecular weight excluding hydrogens is 306 g/mol. The van der Waals surface area contributed by atoms with Crippen LogP contribution in [0.4, 0.5) is 14.5 Å². The van der Waals surface area contributed by atoms with Crippen LogP contribution in [0.1, 0.15) is 23.7 Å². The molecule has 1 heterocycles. The molecular formula is C13H13ClF2N2O3. The summed E-state index contributed by atoms with van der Waals surface area (Å²) in [5, 5.41) is 10.4. The number of likely N-dealkylation sites (tertiary alicyclic amines) is 1. The molecule has 0 N–H and O–H groups in total. The van der Waals surface area contributed by atoms with Crippen molar-refractivity contribution in [2.24, 2.45) is 5.92 Å². The minimum atomic E-state index is -1.32. The van der Waals surface area contributed by atoms with Crippen LogP contribution >= 0.6 is 11.6 Å². The summed E-state index contributed by atoms with van der Waals surface area (Å²) in [4.78, 5) is 23.1. The molecule has 0 saturated carbocycles. The molecule has 0 aromatic heterocycles. The van der Waals surface area contributed by atoms with Gasteiger partial charge in [-0.2, -0.15) is 4.39 Å². The molecule has 1 aromatic rings. The Morgan fingerprint density at radius 3 is 2.71 bits per heavy atom. The Labute approximate surface area is 124 Å². The fourth-order valence-electron chi connectivity index (χ4n) is 2.24. The van der Waals surface area contributed by atoms with Crippen LogP contribution in [0.3, 0.4) is 0 Å². The molecule has 0 bridgehead atoms. The summed E-state index contributed by atoms with van der Waals surface area (Å²) in [6.07, 6.45) is 0.638. The molecule has 2 unspecified atom stereocenters. The quantitative estimate of drug-likeness (QED) is 0.478. The van der Waals surface area contributed by atoms with Gasteiger partial charge in [0.2, 0.25) is 5.82 Å². The Morgan fingerprint density at radius 2 is 2.14 bits per heavy atom. The molecule has 2 rings (SSSR count). The SMILES string of the molecule is CC1CCN(C(=O)c2cc(F)cc([N+](=O)[O-])c2F)CC1Cl. The van der Waals surface area contributed by atoms with Crippen molar-refractivity contribution in [2.45, 2.75) is 18.7 Å². The summed E-state index contributed by atoms with van der Waals surface area (Å²) < 4.78 is 27.4. The number of amides is 1. The standard InChI is InChI=1S/C13H13ClF2N2O3/c1-7-2-3-17(6-10(7)14)13(19)9-4-8(15)5-11(12(9)16)18(20)21/h4-5,7,10H,2-3,6H2,1H3. The molecule has 1 saturated heterocycles. The monoisotopic (exact) mass is 318 g/mol. The Morgan fingerprint density at radius 1 is 1.48 bits per heavy atom. The average molecular weight is 319 g/mol. The Bertz CT molecular complexity index is 597. The number of halogens is 3. The van der Waals surface area contributed by atoms with Gasteiger partial charge >= 0.3 is 5.69 Å². The molecule has 1 fully saturated rings. The minimum Gasteiger partial charge on any atom is -0.337 e. The largest absolute Gasteiger partial charge is 0.337 e. The highest BCUT2D eigenvalue weighted by molar-refractivity contribution is 6.21. The van der Waals surface area contributed by atoms with Gasteiger partial charge in [-0.1, -0.05) is 6.92 Å². The summed E-state index contributed by atoms with van der Waals surface area (Å²) >= 11 is 6.08. The second-order valence-electron chi connectivity index (χ2n) is 5.08. The predicted octanol–water partition coefficient (Wildman–Crippen LogP) is 2.96. The van der Waals surface area contributed by atoms with E-state index < -0.39 is 33.7 Å². The minimum absolute atomic E-state index is 0.200. The number of nitrogens with zero attached hydrogens (tertiary/aromatic N) is 2. The zero-order valence-electron chi connectivity index (χ0n) is 11.2. The topological polar surface area (TPSA) is 63.5 Å². The van der Waals surface area contributed by atoms with Crippen LogP contribution < -0.4 is 0 Å². The van der Waals surface area contributed by atoms with Gasteiger partial charge in [0, 0.05) is 13.1 Å². The van der Waals surface area contributed by atoms with Crippen LogP contribution in [0.5, 0.6) is 0 Å². The summed E-state index contributed by atoms with van der Waals surface area (Å²) in [6.45, 7) is 2.49. The van der Waals surface area contributed by atoms with Crippen LogP contribution in [-0.2, 0) is 0 Å². The summed E-state index contributed by atoms with van der Waals surface area (Å²) in [6, 6.07) is 1.13. The summed E-state index contributed by atoms with van der Waals surface area (Å²) in [7, 11) is 0. The lowest BCUT2D eigenvalue weighted by Gasteiger charge is -2.34. The lowest BCUT2D eigenvalue weighted by atomic mass is 9.98. The van der Waals surface area contributed by atoms with Gasteiger partial charge in [0.1, 0.15) is 5.82 Å². The van der Waals surface area contributed by atoms with E-state index in [4.69, 9.17) is 11.6 Å². The average Bonchev–Trinajstić information content (AvgIpc) is 2.43. The van der Waals surface area contributed by atoms with Crippen molar-refractivity contribution in [2.75, 3.05) is 13.1 Å². The maximum absolute atomic E-state index is 14.0. The number of rotatable bonds is 2. The summed E-state index contributed by atoms with van der Waals surface area (Å²) in [5.74, 6) is -2.93. The number of hydrogen-bond donors (Lipinski definition) is 0. The van der Waals surface area contributed by atoms with Gasteiger partial charge in [0.25, 0.3) is 5.91 Å². The van der Waals surface area contributed by atoms with Gasteiger partial charge in [-0.3, -0.25) is 14.9 Å². The van der Waals surface area contributed by atoms with Crippen molar-refractivity contribution in [1.82, 2.24) is 4.90 Å². The van der Waals surface area contributed by atoms with E-state index in [0.29, 0.717) is 25.1 Å². The molecule has 114 valence electrons. The highest BCUT2D eigenvalue weighted by atomic mass is 35.5. The van der Waals surface area contributed by atoms with E-state index >= 15 is 0 Å². The number of carbonyl (C=O) groups is 1. The number of hydrogen-bond acceptors (Lipinski definition) is 3. The third kappa shape index (κ3) is 3.12. The Hall–Kier alpha value is -1.76. The third-order valence-electron chi connectivity index (χ3n) is 3.60. The van der Waals surface area contributed by atoms with Crippen LogP contribution in [-0.4, -0.2) is 34.2 Å². The van der Waals surface area contributed by atoms with Crippen molar-refractivity contribution in [3.8, 4) is 0 Å². The van der Waals surface area contributed by atoms with Crippen molar-refractivity contribution in [3.63, 3.8) is 0 Å². The van der Waals surface area contributed by atoms with Gasteiger partial charge in [-0.25, -0.2) is 4.39 Å². The maximum Gasteiger partial charge on any atom is 0.308 e. The van der Waals surface area contributed by atoms with Crippen LogP contribution in [0.25, 0.3) is 0 Å². The first-order chi connectivity index (χ1) is 9.81. The predicted molar refractivity (Wildman–Crippen MR) is 72.3 cm³/mol. The number of alkyl halides is 1. The first-order valence-electron chi connectivity index (χ1n) is 6.38. The van der Waals surface area contributed by atoms with Crippen molar-refractivity contribution >= 4 is 23.2 Å². The first-order valence-corrected chi connectivity index (χ1v) is 6.81. The molecule has 1 amide bonds. The number of benzene rings is 1.